The number of aromatic nitrogens is 2. The maximum Gasteiger partial charge on any atom is 0.165 e. The number of hydrogen-bond acceptors (Lipinski definition) is 4. The first kappa shape index (κ1) is 13.0. The van der Waals surface area contributed by atoms with Gasteiger partial charge >= 0.3 is 0 Å². The van der Waals surface area contributed by atoms with Crippen molar-refractivity contribution in [2.45, 2.75) is 23.9 Å². The highest BCUT2D eigenvalue weighted by Crippen LogP contribution is 2.21. The number of halogens is 1. The third-order valence-corrected chi connectivity index (χ3v) is 5.03. The molecular formula is C13H14ClN3OS. The second kappa shape index (κ2) is 5.53. The molecule has 0 bridgehead atoms. The number of hydrogen-bond donors (Lipinski definition) is 1. The Morgan fingerprint density at radius 3 is 2.74 bits per heavy atom. The van der Waals surface area contributed by atoms with Gasteiger partial charge in [-0.3, -0.25) is 4.21 Å². The van der Waals surface area contributed by atoms with E-state index in [1.807, 2.05) is 24.3 Å². The summed E-state index contributed by atoms with van der Waals surface area (Å²) in [5.74, 6) is 0.548. The molecule has 1 aliphatic rings. The number of para-hydroxylation sites is 2. The third kappa shape index (κ3) is 2.78. The van der Waals surface area contributed by atoms with Gasteiger partial charge in [-0.1, -0.05) is 23.7 Å². The van der Waals surface area contributed by atoms with E-state index in [0.29, 0.717) is 16.8 Å². The minimum absolute atomic E-state index is 0.245. The molecule has 2 atom stereocenters. The van der Waals surface area contributed by atoms with Crippen molar-refractivity contribution in [1.82, 2.24) is 15.3 Å². The van der Waals surface area contributed by atoms with Gasteiger partial charge in [0.25, 0.3) is 0 Å². The van der Waals surface area contributed by atoms with Crippen molar-refractivity contribution >= 4 is 33.4 Å². The zero-order valence-corrected chi connectivity index (χ0v) is 11.9. The highest BCUT2D eigenvalue weighted by atomic mass is 35.5. The molecule has 0 aliphatic carbocycles. The van der Waals surface area contributed by atoms with E-state index in [0.717, 1.165) is 30.4 Å². The van der Waals surface area contributed by atoms with E-state index < -0.39 is 10.8 Å². The van der Waals surface area contributed by atoms with Crippen LogP contribution in [-0.2, 0) is 10.8 Å². The Morgan fingerprint density at radius 1 is 1.32 bits per heavy atom. The number of nitrogens with zero attached hydrogens (tertiary/aromatic N) is 2. The van der Waals surface area contributed by atoms with E-state index in [-0.39, 0.29) is 5.15 Å². The molecule has 3 rings (SSSR count). The van der Waals surface area contributed by atoms with Gasteiger partial charge in [-0.25, -0.2) is 9.97 Å². The average Bonchev–Trinajstić information content (AvgIpc) is 2.90. The molecule has 1 aromatic carbocycles. The second-order valence-electron chi connectivity index (χ2n) is 4.61. The van der Waals surface area contributed by atoms with Gasteiger partial charge in [0.15, 0.2) is 10.2 Å². The van der Waals surface area contributed by atoms with Crippen molar-refractivity contribution in [1.29, 1.82) is 0 Å². The number of nitrogens with one attached hydrogen (secondary N) is 1. The molecule has 1 N–H and O–H groups in total. The molecule has 2 unspecified atom stereocenters. The first-order valence-electron chi connectivity index (χ1n) is 6.28. The summed E-state index contributed by atoms with van der Waals surface area (Å²) >= 11 is 6.10. The molecule has 2 heterocycles. The molecular weight excluding hydrogens is 282 g/mol. The quantitative estimate of drug-likeness (QED) is 0.942. The minimum Gasteiger partial charge on any atom is -0.313 e. The summed E-state index contributed by atoms with van der Waals surface area (Å²) in [7, 11) is -1.21. The van der Waals surface area contributed by atoms with Gasteiger partial charge in [0, 0.05) is 11.8 Å². The van der Waals surface area contributed by atoms with Crippen LogP contribution in [0.25, 0.3) is 11.0 Å². The molecule has 1 saturated heterocycles. The second-order valence-corrected chi connectivity index (χ2v) is 6.38. The summed E-state index contributed by atoms with van der Waals surface area (Å²) in [6, 6.07) is 7.76. The largest absolute Gasteiger partial charge is 0.313 e. The summed E-state index contributed by atoms with van der Waals surface area (Å²) in [6.07, 6.45) is 2.20. The Hall–Kier alpha value is -1.04. The molecule has 100 valence electrons. The van der Waals surface area contributed by atoms with Crippen LogP contribution < -0.4 is 5.32 Å². The standard InChI is InChI=1S/C13H14ClN3OS/c14-12-13(19(18)8-9-4-3-7-15-9)17-11-6-2-1-5-10(11)16-12/h1-2,5-6,9,15H,3-4,7-8H2. The van der Waals surface area contributed by atoms with Gasteiger partial charge in [0.2, 0.25) is 0 Å². The zero-order chi connectivity index (χ0) is 13.2. The minimum atomic E-state index is -1.21. The molecule has 0 radical (unpaired) electrons. The van der Waals surface area contributed by atoms with Crippen LogP contribution in [0.1, 0.15) is 12.8 Å². The van der Waals surface area contributed by atoms with Crippen molar-refractivity contribution in [3.8, 4) is 0 Å². The fourth-order valence-corrected chi connectivity index (χ4v) is 3.90. The van der Waals surface area contributed by atoms with Gasteiger partial charge < -0.3 is 5.32 Å². The van der Waals surface area contributed by atoms with Crippen LogP contribution >= 0.6 is 11.6 Å². The normalized spacial score (nSPS) is 20.8. The van der Waals surface area contributed by atoms with Crippen molar-refractivity contribution in [3.63, 3.8) is 0 Å². The van der Waals surface area contributed by atoms with Crippen molar-refractivity contribution in [3.05, 3.63) is 29.4 Å². The van der Waals surface area contributed by atoms with E-state index in [2.05, 4.69) is 15.3 Å². The Balaban J connectivity index is 1.90. The molecule has 0 amide bonds. The van der Waals surface area contributed by atoms with Crippen LogP contribution in [-0.4, -0.2) is 32.5 Å². The molecule has 0 spiro atoms. The molecule has 1 fully saturated rings. The number of rotatable bonds is 3. The van der Waals surface area contributed by atoms with Crippen molar-refractivity contribution in [2.24, 2.45) is 0 Å². The predicted octanol–water partition coefficient (Wildman–Crippen LogP) is 2.14. The van der Waals surface area contributed by atoms with Crippen LogP contribution in [0, 0.1) is 0 Å². The maximum absolute atomic E-state index is 12.3. The predicted molar refractivity (Wildman–Crippen MR) is 76.8 cm³/mol. The van der Waals surface area contributed by atoms with Crippen LogP contribution in [0.3, 0.4) is 0 Å². The first-order chi connectivity index (χ1) is 9.24. The lowest BCUT2D eigenvalue weighted by molar-refractivity contribution is 0.641. The fraction of sp³-hybridized carbons (Fsp3) is 0.385. The van der Waals surface area contributed by atoms with Crippen molar-refractivity contribution in [2.75, 3.05) is 12.3 Å². The van der Waals surface area contributed by atoms with E-state index >= 15 is 0 Å². The lowest BCUT2D eigenvalue weighted by Gasteiger charge is -2.10. The van der Waals surface area contributed by atoms with Crippen LogP contribution in [0.15, 0.2) is 29.3 Å². The summed E-state index contributed by atoms with van der Waals surface area (Å²) in [4.78, 5) is 8.66. The summed E-state index contributed by atoms with van der Waals surface area (Å²) in [5, 5.41) is 3.97. The third-order valence-electron chi connectivity index (χ3n) is 3.23. The van der Waals surface area contributed by atoms with Gasteiger partial charge in [-0.05, 0) is 31.5 Å². The average molecular weight is 296 g/mol. The van der Waals surface area contributed by atoms with Gasteiger partial charge in [-0.2, -0.15) is 0 Å². The Bertz CT molecular complexity index is 628. The summed E-state index contributed by atoms with van der Waals surface area (Å²) in [6.45, 7) is 0.999. The van der Waals surface area contributed by atoms with Crippen LogP contribution in [0.4, 0.5) is 0 Å². The number of fused-ring (bicyclic) bond motifs is 1. The molecule has 6 heteroatoms. The Labute approximate surface area is 119 Å². The van der Waals surface area contributed by atoms with Crippen LogP contribution in [0.5, 0.6) is 0 Å². The summed E-state index contributed by atoms with van der Waals surface area (Å²) < 4.78 is 12.3. The monoisotopic (exact) mass is 295 g/mol. The molecule has 4 nitrogen and oxygen atoms in total. The Morgan fingerprint density at radius 2 is 2.05 bits per heavy atom. The molecule has 1 aliphatic heterocycles. The fourth-order valence-electron chi connectivity index (χ4n) is 2.27. The van der Waals surface area contributed by atoms with E-state index in [4.69, 9.17) is 11.6 Å². The van der Waals surface area contributed by atoms with Gasteiger partial charge in [0.05, 0.1) is 21.8 Å². The van der Waals surface area contributed by atoms with Crippen LogP contribution in [0.2, 0.25) is 5.15 Å². The molecule has 19 heavy (non-hydrogen) atoms. The topological polar surface area (TPSA) is 54.9 Å². The molecule has 1 aromatic heterocycles. The van der Waals surface area contributed by atoms with E-state index in [9.17, 15) is 4.21 Å². The zero-order valence-electron chi connectivity index (χ0n) is 10.3. The SMILES string of the molecule is O=S(CC1CCCN1)c1nc2ccccc2nc1Cl. The highest BCUT2D eigenvalue weighted by Gasteiger charge is 2.21. The first-order valence-corrected chi connectivity index (χ1v) is 7.98. The van der Waals surface area contributed by atoms with E-state index in [1.165, 1.54) is 0 Å². The maximum atomic E-state index is 12.3. The van der Waals surface area contributed by atoms with Gasteiger partial charge in [0.1, 0.15) is 0 Å². The number of benzene rings is 1. The van der Waals surface area contributed by atoms with E-state index in [1.54, 1.807) is 0 Å². The highest BCUT2D eigenvalue weighted by molar-refractivity contribution is 7.85. The van der Waals surface area contributed by atoms with Gasteiger partial charge in [-0.15, -0.1) is 0 Å². The Kier molecular flexibility index (Phi) is 3.77. The van der Waals surface area contributed by atoms with Crippen molar-refractivity contribution < 1.29 is 4.21 Å². The molecule has 0 saturated carbocycles. The summed E-state index contributed by atoms with van der Waals surface area (Å²) in [5.41, 5.74) is 1.46. The lowest BCUT2D eigenvalue weighted by Crippen LogP contribution is -2.27. The molecule has 2 aromatic rings. The smallest absolute Gasteiger partial charge is 0.165 e. The lowest BCUT2D eigenvalue weighted by atomic mass is 10.3.